The van der Waals surface area contributed by atoms with Crippen molar-refractivity contribution in [1.82, 2.24) is 4.98 Å². The lowest BCUT2D eigenvalue weighted by atomic mass is 9.82. The molecule has 1 aromatic heterocycles. The maximum atomic E-state index is 13.9. The first-order valence-electron chi connectivity index (χ1n) is 6.27. The third-order valence-electron chi connectivity index (χ3n) is 4.04. The molecule has 4 nitrogen and oxygen atoms in total. The molecule has 0 unspecified atom stereocenters. The van der Waals surface area contributed by atoms with Crippen molar-refractivity contribution in [3.05, 3.63) is 23.1 Å². The number of pyridine rings is 1. The van der Waals surface area contributed by atoms with Crippen LogP contribution in [0.5, 0.6) is 0 Å². The number of rotatable bonds is 3. The van der Waals surface area contributed by atoms with Crippen LogP contribution in [-0.4, -0.2) is 45.0 Å². The summed E-state index contributed by atoms with van der Waals surface area (Å²) in [6.45, 7) is 3.45. The van der Waals surface area contributed by atoms with Gasteiger partial charge in [-0.3, -0.25) is 0 Å². The SMILES string of the molecule is COC[C@@]12COC[C@@H]1CN(c1ncc(Cl)cc1F)C2. The maximum Gasteiger partial charge on any atom is 0.167 e. The molecule has 3 rings (SSSR count). The van der Waals surface area contributed by atoms with Gasteiger partial charge in [-0.1, -0.05) is 11.6 Å². The van der Waals surface area contributed by atoms with Crippen LogP contribution in [-0.2, 0) is 9.47 Å². The highest BCUT2D eigenvalue weighted by molar-refractivity contribution is 6.30. The fraction of sp³-hybridized carbons (Fsp3) is 0.615. The molecule has 0 radical (unpaired) electrons. The molecule has 2 saturated heterocycles. The molecule has 3 heterocycles. The van der Waals surface area contributed by atoms with Crippen LogP contribution in [0.3, 0.4) is 0 Å². The zero-order valence-corrected chi connectivity index (χ0v) is 11.5. The summed E-state index contributed by atoms with van der Waals surface area (Å²) in [7, 11) is 1.69. The predicted octanol–water partition coefficient (Wildman–Crippen LogP) is 1.97. The van der Waals surface area contributed by atoms with E-state index in [4.69, 9.17) is 21.1 Å². The Morgan fingerprint density at radius 3 is 3.26 bits per heavy atom. The molecule has 0 spiro atoms. The molecule has 0 aromatic carbocycles. The van der Waals surface area contributed by atoms with Gasteiger partial charge in [0.1, 0.15) is 0 Å². The van der Waals surface area contributed by atoms with Gasteiger partial charge in [0.25, 0.3) is 0 Å². The Hall–Kier alpha value is -0.910. The normalized spacial score (nSPS) is 29.8. The van der Waals surface area contributed by atoms with E-state index in [2.05, 4.69) is 4.98 Å². The number of ether oxygens (including phenoxy) is 2. The molecule has 0 amide bonds. The van der Waals surface area contributed by atoms with Gasteiger partial charge in [0, 0.05) is 37.7 Å². The van der Waals surface area contributed by atoms with Crippen LogP contribution in [0.25, 0.3) is 0 Å². The fourth-order valence-electron chi connectivity index (χ4n) is 3.12. The fourth-order valence-corrected chi connectivity index (χ4v) is 3.27. The quantitative estimate of drug-likeness (QED) is 0.851. The molecule has 19 heavy (non-hydrogen) atoms. The highest BCUT2D eigenvalue weighted by Crippen LogP contribution is 2.43. The van der Waals surface area contributed by atoms with Gasteiger partial charge in [-0.2, -0.15) is 0 Å². The molecule has 2 fully saturated rings. The lowest BCUT2D eigenvalue weighted by molar-refractivity contribution is 0.0660. The van der Waals surface area contributed by atoms with Crippen LogP contribution in [0.2, 0.25) is 5.02 Å². The van der Waals surface area contributed by atoms with Crippen molar-refractivity contribution in [1.29, 1.82) is 0 Å². The first-order chi connectivity index (χ1) is 9.14. The van der Waals surface area contributed by atoms with Gasteiger partial charge in [-0.15, -0.1) is 0 Å². The van der Waals surface area contributed by atoms with Crippen LogP contribution in [0.15, 0.2) is 12.3 Å². The minimum absolute atomic E-state index is 0.0392. The number of anilines is 1. The Bertz CT molecular complexity index is 488. The predicted molar refractivity (Wildman–Crippen MR) is 70.0 cm³/mol. The van der Waals surface area contributed by atoms with E-state index in [0.29, 0.717) is 43.1 Å². The van der Waals surface area contributed by atoms with Crippen LogP contribution in [0.4, 0.5) is 10.2 Å². The molecule has 0 aliphatic carbocycles. The molecule has 0 saturated carbocycles. The minimum Gasteiger partial charge on any atom is -0.384 e. The first kappa shape index (κ1) is 13.1. The van der Waals surface area contributed by atoms with E-state index in [1.165, 1.54) is 12.3 Å². The summed E-state index contributed by atoms with van der Waals surface area (Å²) < 4.78 is 24.8. The Morgan fingerprint density at radius 2 is 2.53 bits per heavy atom. The smallest absolute Gasteiger partial charge is 0.167 e. The van der Waals surface area contributed by atoms with Crippen molar-refractivity contribution in [2.24, 2.45) is 11.3 Å². The average molecular weight is 287 g/mol. The number of hydrogen-bond acceptors (Lipinski definition) is 4. The van der Waals surface area contributed by atoms with Crippen LogP contribution in [0, 0.1) is 17.2 Å². The number of hydrogen-bond donors (Lipinski definition) is 0. The maximum absolute atomic E-state index is 13.9. The van der Waals surface area contributed by atoms with Crippen LogP contribution in [0.1, 0.15) is 0 Å². The molecule has 1 aromatic rings. The highest BCUT2D eigenvalue weighted by atomic mass is 35.5. The van der Waals surface area contributed by atoms with Crippen molar-refractivity contribution < 1.29 is 13.9 Å². The van der Waals surface area contributed by atoms with E-state index in [0.717, 1.165) is 6.54 Å². The number of halogens is 2. The van der Waals surface area contributed by atoms with Crippen molar-refractivity contribution in [2.45, 2.75) is 0 Å². The zero-order chi connectivity index (χ0) is 13.5. The standard InChI is InChI=1S/C13H16ClFN2O2/c1-18-7-13-6-17(4-9(13)5-19-8-13)12-11(15)2-10(14)3-16-12/h2-3,9H,4-8H2,1H3/t9-,13-/m0/s1. The van der Waals surface area contributed by atoms with Gasteiger partial charge in [-0.05, 0) is 6.07 Å². The second-order valence-electron chi connectivity index (χ2n) is 5.35. The second-order valence-corrected chi connectivity index (χ2v) is 5.78. The van der Waals surface area contributed by atoms with Gasteiger partial charge in [0.15, 0.2) is 11.6 Å². The summed E-state index contributed by atoms with van der Waals surface area (Å²) in [5, 5.41) is 0.315. The Kier molecular flexibility index (Phi) is 3.37. The van der Waals surface area contributed by atoms with E-state index >= 15 is 0 Å². The molecule has 0 N–H and O–H groups in total. The molecule has 2 aliphatic heterocycles. The van der Waals surface area contributed by atoms with E-state index in [1.54, 1.807) is 7.11 Å². The average Bonchev–Trinajstić information content (AvgIpc) is 2.85. The largest absolute Gasteiger partial charge is 0.384 e. The van der Waals surface area contributed by atoms with Crippen molar-refractivity contribution >= 4 is 17.4 Å². The molecule has 104 valence electrons. The summed E-state index contributed by atoms with van der Waals surface area (Å²) in [6.07, 6.45) is 1.48. The van der Waals surface area contributed by atoms with E-state index < -0.39 is 0 Å². The molecule has 6 heteroatoms. The van der Waals surface area contributed by atoms with Gasteiger partial charge in [0.2, 0.25) is 0 Å². The second kappa shape index (κ2) is 4.89. The summed E-state index contributed by atoms with van der Waals surface area (Å²) in [6, 6.07) is 1.30. The lowest BCUT2D eigenvalue weighted by Crippen LogP contribution is -2.35. The van der Waals surface area contributed by atoms with Crippen LogP contribution >= 0.6 is 11.6 Å². The summed E-state index contributed by atoms with van der Waals surface area (Å²) in [5.41, 5.74) is -0.0392. The molecule has 0 bridgehead atoms. The molecule has 2 aliphatic rings. The number of nitrogens with zero attached hydrogens (tertiary/aromatic N) is 2. The van der Waals surface area contributed by atoms with Gasteiger partial charge >= 0.3 is 0 Å². The summed E-state index contributed by atoms with van der Waals surface area (Å²) >= 11 is 5.74. The molecular formula is C13H16ClFN2O2. The third kappa shape index (κ3) is 2.20. The number of fused-ring (bicyclic) bond motifs is 1. The third-order valence-corrected chi connectivity index (χ3v) is 4.25. The van der Waals surface area contributed by atoms with Crippen LogP contribution < -0.4 is 4.90 Å². The Labute approximate surface area is 116 Å². The Balaban J connectivity index is 1.85. The first-order valence-corrected chi connectivity index (χ1v) is 6.65. The van der Waals surface area contributed by atoms with E-state index in [9.17, 15) is 4.39 Å². The van der Waals surface area contributed by atoms with E-state index in [1.807, 2.05) is 4.90 Å². The highest BCUT2D eigenvalue weighted by Gasteiger charge is 2.51. The molecule has 2 atom stereocenters. The van der Waals surface area contributed by atoms with Gasteiger partial charge in [0.05, 0.1) is 24.8 Å². The van der Waals surface area contributed by atoms with Crippen molar-refractivity contribution in [2.75, 3.05) is 44.9 Å². The number of aromatic nitrogens is 1. The zero-order valence-electron chi connectivity index (χ0n) is 10.7. The summed E-state index contributed by atoms with van der Waals surface area (Å²) in [5.74, 6) is 0.361. The van der Waals surface area contributed by atoms with Gasteiger partial charge in [-0.25, -0.2) is 9.37 Å². The topological polar surface area (TPSA) is 34.6 Å². The van der Waals surface area contributed by atoms with Crippen molar-refractivity contribution in [3.63, 3.8) is 0 Å². The summed E-state index contributed by atoms with van der Waals surface area (Å²) in [4.78, 5) is 6.09. The minimum atomic E-state index is -0.374. The van der Waals surface area contributed by atoms with E-state index in [-0.39, 0.29) is 11.2 Å². The Morgan fingerprint density at radius 1 is 1.68 bits per heavy atom. The lowest BCUT2D eigenvalue weighted by Gasteiger charge is -2.26. The monoisotopic (exact) mass is 286 g/mol. The van der Waals surface area contributed by atoms with Crippen molar-refractivity contribution in [3.8, 4) is 0 Å². The molecular weight excluding hydrogens is 271 g/mol. The van der Waals surface area contributed by atoms with Gasteiger partial charge < -0.3 is 14.4 Å². The number of methoxy groups -OCH3 is 1.